The van der Waals surface area contributed by atoms with Crippen molar-refractivity contribution in [2.75, 3.05) is 6.54 Å². The highest BCUT2D eigenvalue weighted by atomic mass is 14.9. The Morgan fingerprint density at radius 3 is 2.00 bits per heavy atom. The molecule has 1 aliphatic rings. The average Bonchev–Trinajstić information content (AvgIpc) is 1.98. The predicted molar refractivity (Wildman–Crippen MR) is 35.8 cm³/mol. The standard InChI is InChI=1S/C7H15N/c1-5-4-8-7(3)6(5)2/h5-8H,4H2,1-3H3/t5?,6-,7?/m1/s1. The van der Waals surface area contributed by atoms with Gasteiger partial charge in [-0.3, -0.25) is 0 Å². The van der Waals surface area contributed by atoms with Gasteiger partial charge in [-0.15, -0.1) is 0 Å². The molecule has 0 aliphatic carbocycles. The summed E-state index contributed by atoms with van der Waals surface area (Å²) in [6.07, 6.45) is 0. The fourth-order valence-corrected chi connectivity index (χ4v) is 1.24. The zero-order chi connectivity index (χ0) is 6.15. The van der Waals surface area contributed by atoms with E-state index in [-0.39, 0.29) is 0 Å². The molecule has 0 radical (unpaired) electrons. The van der Waals surface area contributed by atoms with Gasteiger partial charge in [-0.2, -0.15) is 0 Å². The first-order valence-electron chi connectivity index (χ1n) is 3.45. The summed E-state index contributed by atoms with van der Waals surface area (Å²) in [6.45, 7) is 8.09. The van der Waals surface area contributed by atoms with Gasteiger partial charge in [-0.25, -0.2) is 0 Å². The Bertz CT molecular complexity index is 70.5. The minimum Gasteiger partial charge on any atom is -0.314 e. The van der Waals surface area contributed by atoms with Crippen LogP contribution >= 0.6 is 0 Å². The van der Waals surface area contributed by atoms with Gasteiger partial charge in [0.1, 0.15) is 0 Å². The molecule has 0 saturated carbocycles. The third-order valence-corrected chi connectivity index (χ3v) is 2.45. The van der Waals surface area contributed by atoms with Crippen molar-refractivity contribution in [2.45, 2.75) is 26.8 Å². The van der Waals surface area contributed by atoms with Crippen LogP contribution in [0.5, 0.6) is 0 Å². The summed E-state index contributed by atoms with van der Waals surface area (Å²) in [5.41, 5.74) is 0. The summed E-state index contributed by atoms with van der Waals surface area (Å²) in [5, 5.41) is 3.42. The van der Waals surface area contributed by atoms with E-state index < -0.39 is 0 Å². The van der Waals surface area contributed by atoms with Gasteiger partial charge in [0.15, 0.2) is 0 Å². The summed E-state index contributed by atoms with van der Waals surface area (Å²) < 4.78 is 0. The Kier molecular flexibility index (Phi) is 1.57. The Hall–Kier alpha value is -0.0400. The monoisotopic (exact) mass is 113 g/mol. The van der Waals surface area contributed by atoms with E-state index in [1.165, 1.54) is 6.54 Å². The van der Waals surface area contributed by atoms with Gasteiger partial charge < -0.3 is 5.32 Å². The van der Waals surface area contributed by atoms with Crippen LogP contribution in [0.3, 0.4) is 0 Å². The SMILES string of the molecule is CC1CNC(C)[C@@H]1C. The van der Waals surface area contributed by atoms with Crippen LogP contribution in [0.25, 0.3) is 0 Å². The second kappa shape index (κ2) is 2.06. The second-order valence-corrected chi connectivity index (χ2v) is 3.03. The topological polar surface area (TPSA) is 12.0 Å². The van der Waals surface area contributed by atoms with Crippen molar-refractivity contribution in [1.82, 2.24) is 5.32 Å². The van der Waals surface area contributed by atoms with Gasteiger partial charge in [-0.05, 0) is 25.3 Å². The van der Waals surface area contributed by atoms with E-state index in [1.54, 1.807) is 0 Å². The molecular formula is C7H15N. The van der Waals surface area contributed by atoms with E-state index in [0.29, 0.717) is 0 Å². The first kappa shape index (κ1) is 6.09. The minimum absolute atomic E-state index is 0.741. The first-order chi connectivity index (χ1) is 3.72. The molecule has 1 heterocycles. The fourth-order valence-electron chi connectivity index (χ4n) is 1.24. The summed E-state index contributed by atoms with van der Waals surface area (Å²) >= 11 is 0. The molecule has 0 aromatic carbocycles. The molecule has 1 fully saturated rings. The molecule has 1 rings (SSSR count). The molecule has 8 heavy (non-hydrogen) atoms. The van der Waals surface area contributed by atoms with Crippen LogP contribution in [0.4, 0.5) is 0 Å². The van der Waals surface area contributed by atoms with Gasteiger partial charge in [0, 0.05) is 6.04 Å². The van der Waals surface area contributed by atoms with Crippen molar-refractivity contribution >= 4 is 0 Å². The molecule has 3 atom stereocenters. The number of rotatable bonds is 0. The minimum atomic E-state index is 0.741. The summed E-state index contributed by atoms with van der Waals surface area (Å²) in [7, 11) is 0. The maximum Gasteiger partial charge on any atom is 0.00674 e. The molecule has 0 spiro atoms. The molecule has 0 aromatic heterocycles. The maximum absolute atomic E-state index is 3.42. The smallest absolute Gasteiger partial charge is 0.00674 e. The van der Waals surface area contributed by atoms with Crippen LogP contribution in [-0.2, 0) is 0 Å². The highest BCUT2D eigenvalue weighted by Gasteiger charge is 2.24. The molecule has 1 heteroatoms. The average molecular weight is 113 g/mol. The van der Waals surface area contributed by atoms with Crippen LogP contribution in [0.1, 0.15) is 20.8 Å². The second-order valence-electron chi connectivity index (χ2n) is 3.03. The van der Waals surface area contributed by atoms with Crippen molar-refractivity contribution in [3.8, 4) is 0 Å². The van der Waals surface area contributed by atoms with E-state index >= 15 is 0 Å². The first-order valence-corrected chi connectivity index (χ1v) is 3.45. The lowest BCUT2D eigenvalue weighted by molar-refractivity contribution is 0.436. The highest BCUT2D eigenvalue weighted by molar-refractivity contribution is 4.81. The Balaban J connectivity index is 2.44. The fraction of sp³-hybridized carbons (Fsp3) is 1.00. The van der Waals surface area contributed by atoms with Gasteiger partial charge in [0.2, 0.25) is 0 Å². The molecule has 1 aliphatic heterocycles. The zero-order valence-electron chi connectivity index (χ0n) is 5.94. The van der Waals surface area contributed by atoms with Crippen LogP contribution in [0.15, 0.2) is 0 Å². The Labute approximate surface area is 51.5 Å². The Morgan fingerprint density at radius 1 is 1.25 bits per heavy atom. The molecule has 0 aromatic rings. The van der Waals surface area contributed by atoms with Crippen molar-refractivity contribution in [3.05, 3.63) is 0 Å². The van der Waals surface area contributed by atoms with Gasteiger partial charge in [0.05, 0.1) is 0 Å². The van der Waals surface area contributed by atoms with Crippen molar-refractivity contribution < 1.29 is 0 Å². The largest absolute Gasteiger partial charge is 0.314 e. The molecule has 1 saturated heterocycles. The van der Waals surface area contributed by atoms with Crippen LogP contribution in [0, 0.1) is 11.8 Å². The molecular weight excluding hydrogens is 98.1 g/mol. The molecule has 1 N–H and O–H groups in total. The lowest BCUT2D eigenvalue weighted by Gasteiger charge is -2.10. The predicted octanol–water partition coefficient (Wildman–Crippen LogP) is 1.25. The van der Waals surface area contributed by atoms with Gasteiger partial charge in [-0.1, -0.05) is 13.8 Å². The van der Waals surface area contributed by atoms with Gasteiger partial charge >= 0.3 is 0 Å². The lowest BCUT2D eigenvalue weighted by Crippen LogP contribution is -2.20. The maximum atomic E-state index is 3.42. The lowest BCUT2D eigenvalue weighted by atomic mass is 9.95. The van der Waals surface area contributed by atoms with Gasteiger partial charge in [0.25, 0.3) is 0 Å². The summed E-state index contributed by atoms with van der Waals surface area (Å²) in [6, 6.07) is 0.741. The Morgan fingerprint density at radius 2 is 1.88 bits per heavy atom. The quantitative estimate of drug-likeness (QED) is 0.498. The summed E-state index contributed by atoms with van der Waals surface area (Å²) in [5.74, 6) is 1.75. The zero-order valence-corrected chi connectivity index (χ0v) is 5.94. The van der Waals surface area contributed by atoms with E-state index in [1.807, 2.05) is 0 Å². The number of hydrogen-bond donors (Lipinski definition) is 1. The van der Waals surface area contributed by atoms with Crippen LogP contribution < -0.4 is 5.32 Å². The van der Waals surface area contributed by atoms with Crippen molar-refractivity contribution in [3.63, 3.8) is 0 Å². The molecule has 1 nitrogen and oxygen atoms in total. The number of hydrogen-bond acceptors (Lipinski definition) is 1. The van der Waals surface area contributed by atoms with Crippen LogP contribution in [-0.4, -0.2) is 12.6 Å². The van der Waals surface area contributed by atoms with E-state index in [2.05, 4.69) is 26.1 Å². The van der Waals surface area contributed by atoms with Crippen molar-refractivity contribution in [2.24, 2.45) is 11.8 Å². The molecule has 0 bridgehead atoms. The molecule has 48 valence electrons. The van der Waals surface area contributed by atoms with E-state index in [4.69, 9.17) is 0 Å². The van der Waals surface area contributed by atoms with E-state index in [9.17, 15) is 0 Å². The van der Waals surface area contributed by atoms with Crippen molar-refractivity contribution in [1.29, 1.82) is 0 Å². The third-order valence-electron chi connectivity index (χ3n) is 2.45. The highest BCUT2D eigenvalue weighted by Crippen LogP contribution is 2.19. The third kappa shape index (κ3) is 0.873. The molecule has 2 unspecified atom stereocenters. The van der Waals surface area contributed by atoms with E-state index in [0.717, 1.165) is 17.9 Å². The molecule has 0 amide bonds. The normalized spacial score (nSPS) is 47.6. The number of nitrogens with one attached hydrogen (secondary N) is 1. The van der Waals surface area contributed by atoms with Crippen LogP contribution in [0.2, 0.25) is 0 Å². The summed E-state index contributed by atoms with van der Waals surface area (Å²) in [4.78, 5) is 0.